The van der Waals surface area contributed by atoms with E-state index in [1.165, 1.54) is 5.38 Å². The second-order valence-corrected chi connectivity index (χ2v) is 5.83. The number of carbonyl (C=O) groups excluding carboxylic acids is 2. The number of rotatable bonds is 7. The lowest BCUT2D eigenvalue weighted by molar-refractivity contribution is -0.142. The van der Waals surface area contributed by atoms with Gasteiger partial charge in [0.15, 0.2) is 5.13 Å². The van der Waals surface area contributed by atoms with Crippen molar-refractivity contribution in [2.24, 2.45) is 0 Å². The number of ether oxygens (including phenoxy) is 2. The van der Waals surface area contributed by atoms with Gasteiger partial charge in [-0.05, 0) is 13.8 Å². The first-order chi connectivity index (χ1) is 9.86. The van der Waals surface area contributed by atoms with Gasteiger partial charge in [-0.3, -0.25) is 4.79 Å². The molecule has 0 unspecified atom stereocenters. The Morgan fingerprint density at radius 1 is 1.29 bits per heavy atom. The third kappa shape index (κ3) is 6.40. The predicted molar refractivity (Wildman–Crippen MR) is 75.2 cm³/mol. The molecule has 0 atom stereocenters. The van der Waals surface area contributed by atoms with Crippen molar-refractivity contribution in [2.45, 2.75) is 20.3 Å². The van der Waals surface area contributed by atoms with E-state index in [4.69, 9.17) is 4.74 Å². The molecule has 0 aliphatic heterocycles. The molecule has 1 aromatic rings. The van der Waals surface area contributed by atoms with Crippen LogP contribution < -0.4 is 9.44 Å². The summed E-state index contributed by atoms with van der Waals surface area (Å²) >= 11 is 0.976. The summed E-state index contributed by atoms with van der Waals surface area (Å²) in [6, 6.07) is 0. The Kier molecular flexibility index (Phi) is 6.37. The maximum absolute atomic E-state index is 11.6. The number of nitrogens with zero attached hydrogens (tertiary/aromatic N) is 1. The van der Waals surface area contributed by atoms with E-state index in [9.17, 15) is 18.0 Å². The van der Waals surface area contributed by atoms with Gasteiger partial charge in [-0.1, -0.05) is 0 Å². The molecule has 0 bridgehead atoms. The van der Waals surface area contributed by atoms with Crippen molar-refractivity contribution in [1.82, 2.24) is 9.71 Å². The van der Waals surface area contributed by atoms with Crippen LogP contribution in [0, 0.1) is 0 Å². The fourth-order valence-electron chi connectivity index (χ4n) is 1.21. The second-order valence-electron chi connectivity index (χ2n) is 3.55. The van der Waals surface area contributed by atoms with Crippen LogP contribution in [-0.4, -0.2) is 38.7 Å². The molecule has 0 saturated heterocycles. The van der Waals surface area contributed by atoms with Gasteiger partial charge in [0.1, 0.15) is 0 Å². The molecule has 0 aliphatic carbocycles. The number of carbonyl (C=O) groups is 2. The number of esters is 1. The number of anilines is 1. The summed E-state index contributed by atoms with van der Waals surface area (Å²) in [4.78, 5) is 26.2. The van der Waals surface area contributed by atoms with Gasteiger partial charge in [-0.2, -0.15) is 8.42 Å². The summed E-state index contributed by atoms with van der Waals surface area (Å²) in [5.74, 6) is -0.457. The average molecular weight is 337 g/mol. The van der Waals surface area contributed by atoms with Crippen LogP contribution in [0.25, 0.3) is 0 Å². The molecule has 9 nitrogen and oxygen atoms in total. The van der Waals surface area contributed by atoms with Crippen molar-refractivity contribution in [1.29, 1.82) is 0 Å². The van der Waals surface area contributed by atoms with Gasteiger partial charge in [0.05, 0.1) is 25.3 Å². The van der Waals surface area contributed by atoms with Crippen molar-refractivity contribution in [3.63, 3.8) is 0 Å². The Balaban J connectivity index is 2.61. The van der Waals surface area contributed by atoms with Crippen molar-refractivity contribution < 1.29 is 27.5 Å². The van der Waals surface area contributed by atoms with Crippen molar-refractivity contribution in [3.8, 4) is 0 Å². The zero-order valence-corrected chi connectivity index (χ0v) is 13.0. The molecule has 0 fully saturated rings. The fraction of sp³-hybridized carbons (Fsp3) is 0.500. The molecule has 0 aromatic carbocycles. The van der Waals surface area contributed by atoms with E-state index in [2.05, 4.69) is 9.72 Å². The lowest BCUT2D eigenvalue weighted by Crippen LogP contribution is -2.35. The minimum Gasteiger partial charge on any atom is -0.466 e. The molecule has 0 saturated carbocycles. The minimum absolute atomic E-state index is 0.0195. The molecule has 2 N–H and O–H groups in total. The smallest absolute Gasteiger partial charge is 0.422 e. The molecule has 1 heterocycles. The predicted octanol–water partition coefficient (Wildman–Crippen LogP) is 0.651. The molecule has 1 amide bonds. The minimum atomic E-state index is -4.12. The van der Waals surface area contributed by atoms with E-state index in [0.717, 1.165) is 11.3 Å². The molecule has 11 heteroatoms. The summed E-state index contributed by atoms with van der Waals surface area (Å²) in [5.41, 5.74) is 0.368. The summed E-state index contributed by atoms with van der Waals surface area (Å²) in [5, 5.41) is 1.53. The van der Waals surface area contributed by atoms with Crippen LogP contribution in [0.1, 0.15) is 19.5 Å². The molecule has 118 valence electrons. The Morgan fingerprint density at radius 3 is 2.57 bits per heavy atom. The van der Waals surface area contributed by atoms with Crippen molar-refractivity contribution >= 4 is 38.7 Å². The summed E-state index contributed by atoms with van der Waals surface area (Å²) < 4.78 is 36.0. The van der Waals surface area contributed by atoms with Crippen LogP contribution >= 0.6 is 11.3 Å². The van der Waals surface area contributed by atoms with E-state index in [0.29, 0.717) is 5.69 Å². The zero-order valence-electron chi connectivity index (χ0n) is 11.4. The first kappa shape index (κ1) is 17.2. The standard InChI is InChI=1S/C10H15N3O6S2/c1-3-18-8(14)5-7-6-20-9(11-7)12-21(16,17)13-10(15)19-4-2/h6H,3-5H2,1-2H3,(H,11,12)(H,13,15). The topological polar surface area (TPSA) is 124 Å². The zero-order chi connectivity index (χ0) is 15.9. The van der Waals surface area contributed by atoms with Crippen LogP contribution in [0.15, 0.2) is 5.38 Å². The quantitative estimate of drug-likeness (QED) is 0.700. The summed E-state index contributed by atoms with van der Waals surface area (Å²) in [6.07, 6.45) is -1.15. The monoisotopic (exact) mass is 337 g/mol. The van der Waals surface area contributed by atoms with Gasteiger partial charge in [0.25, 0.3) is 0 Å². The number of hydrogen-bond acceptors (Lipinski definition) is 8. The molecule has 0 radical (unpaired) electrons. The lowest BCUT2D eigenvalue weighted by Gasteiger charge is -2.06. The Hall–Kier alpha value is -1.88. The normalized spacial score (nSPS) is 10.8. The van der Waals surface area contributed by atoms with Crippen LogP contribution in [0.2, 0.25) is 0 Å². The Bertz CT molecular complexity index is 598. The molecule has 21 heavy (non-hydrogen) atoms. The summed E-state index contributed by atoms with van der Waals surface area (Å²) in [7, 11) is -4.12. The van der Waals surface area contributed by atoms with Crippen LogP contribution in [0.3, 0.4) is 0 Å². The van der Waals surface area contributed by atoms with Gasteiger partial charge in [0, 0.05) is 5.38 Å². The van der Waals surface area contributed by atoms with Crippen molar-refractivity contribution in [2.75, 3.05) is 17.9 Å². The van der Waals surface area contributed by atoms with Crippen molar-refractivity contribution in [3.05, 3.63) is 11.1 Å². The van der Waals surface area contributed by atoms with Crippen LogP contribution in [0.5, 0.6) is 0 Å². The number of hydrogen-bond donors (Lipinski definition) is 2. The van der Waals surface area contributed by atoms with Crippen LogP contribution in [-0.2, 0) is 30.9 Å². The van der Waals surface area contributed by atoms with E-state index in [1.807, 2.05) is 4.72 Å². The third-order valence-electron chi connectivity index (χ3n) is 1.90. The van der Waals surface area contributed by atoms with Gasteiger partial charge >= 0.3 is 22.3 Å². The van der Waals surface area contributed by atoms with E-state index < -0.39 is 22.3 Å². The van der Waals surface area contributed by atoms with Gasteiger partial charge in [-0.15, -0.1) is 11.3 Å². The van der Waals surface area contributed by atoms with E-state index in [-0.39, 0.29) is 24.8 Å². The molecule has 0 spiro atoms. The largest absolute Gasteiger partial charge is 0.466 e. The maximum Gasteiger partial charge on any atom is 0.422 e. The molecule has 1 rings (SSSR count). The second kappa shape index (κ2) is 7.78. The number of aromatic nitrogens is 1. The highest BCUT2D eigenvalue weighted by Gasteiger charge is 2.17. The maximum atomic E-state index is 11.6. The van der Waals surface area contributed by atoms with E-state index >= 15 is 0 Å². The number of thiazole rings is 1. The van der Waals surface area contributed by atoms with Crippen LogP contribution in [0.4, 0.5) is 9.93 Å². The van der Waals surface area contributed by atoms with E-state index in [1.54, 1.807) is 18.6 Å². The SMILES string of the molecule is CCOC(=O)Cc1csc(NS(=O)(=O)NC(=O)OCC)n1. The number of amides is 1. The molecular weight excluding hydrogens is 322 g/mol. The van der Waals surface area contributed by atoms with Gasteiger partial charge in [0.2, 0.25) is 0 Å². The Morgan fingerprint density at radius 2 is 1.95 bits per heavy atom. The summed E-state index contributed by atoms with van der Waals surface area (Å²) in [6.45, 7) is 3.52. The van der Waals surface area contributed by atoms with Gasteiger partial charge in [-0.25, -0.2) is 19.2 Å². The highest BCUT2D eigenvalue weighted by atomic mass is 32.2. The highest BCUT2D eigenvalue weighted by molar-refractivity contribution is 7.91. The highest BCUT2D eigenvalue weighted by Crippen LogP contribution is 2.17. The Labute approximate surface area is 125 Å². The fourth-order valence-corrected chi connectivity index (χ4v) is 2.89. The lowest BCUT2D eigenvalue weighted by atomic mass is 10.3. The third-order valence-corrected chi connectivity index (χ3v) is 3.73. The average Bonchev–Trinajstić information content (AvgIpc) is 2.74. The molecule has 1 aromatic heterocycles. The first-order valence-corrected chi connectivity index (χ1v) is 8.30. The number of nitrogens with one attached hydrogen (secondary N) is 2. The molecular formula is C10H15N3O6S2. The van der Waals surface area contributed by atoms with Gasteiger partial charge < -0.3 is 9.47 Å². The first-order valence-electron chi connectivity index (χ1n) is 5.93. The molecule has 0 aliphatic rings.